The van der Waals surface area contributed by atoms with E-state index in [1.165, 1.54) is 17.0 Å². The van der Waals surface area contributed by atoms with Crippen molar-refractivity contribution in [2.24, 2.45) is 0 Å². The van der Waals surface area contributed by atoms with Gasteiger partial charge in [-0.1, -0.05) is 43.6 Å². The molecule has 14 heteroatoms. The predicted molar refractivity (Wildman–Crippen MR) is 171 cm³/mol. The maximum absolute atomic E-state index is 14.7. The number of nitriles is 1. The van der Waals surface area contributed by atoms with Gasteiger partial charge in [0.2, 0.25) is 5.91 Å². The summed E-state index contributed by atoms with van der Waals surface area (Å²) >= 11 is 12.9. The Morgan fingerprint density at radius 1 is 1.24 bits per heavy atom. The molecule has 1 aromatic carbocycles. The van der Waals surface area contributed by atoms with E-state index in [0.717, 1.165) is 0 Å². The minimum Gasteiger partial charge on any atom is -0.396 e. The number of nitrogens with two attached hydrogens (primary N) is 1. The number of aliphatic hydroxyl groups is 1. The second-order valence-electron chi connectivity index (χ2n) is 11.4. The van der Waals surface area contributed by atoms with E-state index in [0.29, 0.717) is 34.8 Å². The van der Waals surface area contributed by atoms with E-state index in [9.17, 15) is 28.3 Å². The minimum absolute atomic E-state index is 0.0248. The van der Waals surface area contributed by atoms with E-state index < -0.39 is 40.0 Å². The summed E-state index contributed by atoms with van der Waals surface area (Å²) in [5.74, 6) is -5.52. The summed E-state index contributed by atoms with van der Waals surface area (Å²) in [5, 5.41) is 21.5. The highest BCUT2D eigenvalue weighted by molar-refractivity contribution is 6.37. The van der Waals surface area contributed by atoms with Crippen molar-refractivity contribution in [1.29, 1.82) is 5.26 Å². The number of rotatable bonds is 5. The fraction of sp³-hybridized carbons (Fsp3) is 0.312. The van der Waals surface area contributed by atoms with Crippen molar-refractivity contribution >= 4 is 52.0 Å². The van der Waals surface area contributed by atoms with Crippen molar-refractivity contribution in [3.63, 3.8) is 0 Å². The Morgan fingerprint density at radius 2 is 1.93 bits per heavy atom. The summed E-state index contributed by atoms with van der Waals surface area (Å²) in [6.45, 7) is 11.9. The van der Waals surface area contributed by atoms with Crippen molar-refractivity contribution in [2.45, 2.75) is 45.9 Å². The van der Waals surface area contributed by atoms with Crippen molar-refractivity contribution in [3.8, 4) is 17.3 Å². The number of fused-ring (bicyclic) bond motifs is 1. The molecule has 0 aliphatic carbocycles. The van der Waals surface area contributed by atoms with Crippen LogP contribution in [0.15, 0.2) is 36.6 Å². The number of benzene rings is 1. The first-order valence-electron chi connectivity index (χ1n) is 14.3. The fourth-order valence-corrected chi connectivity index (χ4v) is 6.52. The van der Waals surface area contributed by atoms with Gasteiger partial charge in [-0.25, -0.2) is 18.2 Å². The second-order valence-corrected chi connectivity index (χ2v) is 12.2. The largest absolute Gasteiger partial charge is 0.396 e. The molecule has 3 aromatic rings. The van der Waals surface area contributed by atoms with Crippen LogP contribution in [0.5, 0.6) is 0 Å². The molecule has 2 atom stereocenters. The average Bonchev–Trinajstić information content (AvgIpc) is 3.02. The third kappa shape index (κ3) is 5.22. The maximum Gasteiger partial charge on any atom is 0.246 e. The van der Waals surface area contributed by atoms with Gasteiger partial charge in [-0.05, 0) is 43.5 Å². The molecule has 0 spiro atoms. The molecule has 1 fully saturated rings. The number of aryl methyl sites for hydroxylation is 1. The van der Waals surface area contributed by atoms with Gasteiger partial charge >= 0.3 is 0 Å². The number of aromatic nitrogens is 2. The Labute approximate surface area is 274 Å². The Hall–Kier alpha value is -4.31. The Bertz CT molecular complexity index is 1830. The van der Waals surface area contributed by atoms with Crippen molar-refractivity contribution in [3.05, 3.63) is 80.9 Å². The molecule has 2 aliphatic heterocycles. The van der Waals surface area contributed by atoms with Gasteiger partial charge in [0, 0.05) is 43.0 Å². The van der Waals surface area contributed by atoms with E-state index >= 15 is 0 Å². The zero-order valence-electron chi connectivity index (χ0n) is 25.4. The van der Waals surface area contributed by atoms with Crippen molar-refractivity contribution in [1.82, 2.24) is 19.8 Å². The number of nitrogens with zero attached hydrogens (tertiary/aromatic N) is 6. The number of hydrogen-bond acceptors (Lipinski definition) is 8. The molecule has 46 heavy (non-hydrogen) atoms. The molecule has 2 aliphatic rings. The molecule has 1 unspecified atom stereocenters. The lowest BCUT2D eigenvalue weighted by atomic mass is 9.94. The van der Waals surface area contributed by atoms with Crippen LogP contribution in [0.25, 0.3) is 17.0 Å². The number of halogens is 5. The summed E-state index contributed by atoms with van der Waals surface area (Å²) < 4.78 is 43.7. The van der Waals surface area contributed by atoms with Gasteiger partial charge in [0.1, 0.15) is 17.5 Å². The van der Waals surface area contributed by atoms with E-state index in [1.54, 1.807) is 24.1 Å². The molecule has 3 N–H and O–H groups in total. The van der Waals surface area contributed by atoms with Gasteiger partial charge < -0.3 is 20.6 Å². The number of aliphatic hydroxyl groups excluding tert-OH is 1. The molecule has 0 bridgehead atoms. The Balaban J connectivity index is 1.83. The van der Waals surface area contributed by atoms with Crippen LogP contribution in [-0.2, 0) is 4.79 Å². The van der Waals surface area contributed by atoms with Crippen LogP contribution in [0.4, 0.5) is 30.4 Å². The third-order valence-electron chi connectivity index (χ3n) is 8.20. The molecule has 4 heterocycles. The highest BCUT2D eigenvalue weighted by atomic mass is 35.5. The molecular weight excluding hydrogens is 642 g/mol. The number of carbonyl (C=O) groups is 1. The van der Waals surface area contributed by atoms with Gasteiger partial charge in [0.15, 0.2) is 23.7 Å². The molecule has 2 aromatic heterocycles. The van der Waals surface area contributed by atoms with E-state index in [-0.39, 0.29) is 53.1 Å². The molecule has 240 valence electrons. The zero-order valence-corrected chi connectivity index (χ0v) is 26.9. The van der Waals surface area contributed by atoms with Crippen LogP contribution in [0.3, 0.4) is 0 Å². The highest BCUT2D eigenvalue weighted by Gasteiger charge is 2.41. The number of nitrogen functional groups attached to an aromatic ring is 1. The zero-order chi connectivity index (χ0) is 33.8. The van der Waals surface area contributed by atoms with Crippen molar-refractivity contribution < 1.29 is 23.1 Å². The summed E-state index contributed by atoms with van der Waals surface area (Å²) in [7, 11) is 0. The average molecular weight is 673 g/mol. The second kappa shape index (κ2) is 12.5. The van der Waals surface area contributed by atoms with Gasteiger partial charge in [-0.3, -0.25) is 14.7 Å². The lowest BCUT2D eigenvalue weighted by Gasteiger charge is -2.45. The first-order chi connectivity index (χ1) is 21.7. The van der Waals surface area contributed by atoms with Crippen LogP contribution in [0, 0.1) is 35.7 Å². The number of amides is 1. The van der Waals surface area contributed by atoms with E-state index in [2.05, 4.69) is 17.6 Å². The maximum atomic E-state index is 14.7. The number of anilines is 3. The normalized spacial score (nSPS) is 18.2. The molecule has 0 radical (unpaired) electrons. The first kappa shape index (κ1) is 33.1. The molecular formula is C32H30Cl2F3N7O2. The van der Waals surface area contributed by atoms with E-state index in [4.69, 9.17) is 33.9 Å². The van der Waals surface area contributed by atoms with Crippen LogP contribution in [0.2, 0.25) is 10.0 Å². The quantitative estimate of drug-likeness (QED) is 0.140. The summed E-state index contributed by atoms with van der Waals surface area (Å²) in [6.07, 6.45) is 1.25. The minimum atomic E-state index is -1.85. The summed E-state index contributed by atoms with van der Waals surface area (Å²) in [5.41, 5.74) is 6.64. The molecule has 5 rings (SSSR count). The third-order valence-corrected chi connectivity index (χ3v) is 8.84. The van der Waals surface area contributed by atoms with Crippen LogP contribution in [-0.4, -0.2) is 62.7 Å². The molecule has 0 saturated carbocycles. The molecule has 1 amide bonds. The lowest BCUT2D eigenvalue weighted by Crippen LogP contribution is -2.54. The summed E-state index contributed by atoms with van der Waals surface area (Å²) in [4.78, 5) is 26.6. The lowest BCUT2D eigenvalue weighted by molar-refractivity contribution is -0.129. The van der Waals surface area contributed by atoms with Gasteiger partial charge in [0.05, 0.1) is 38.5 Å². The van der Waals surface area contributed by atoms with Gasteiger partial charge in [-0.15, -0.1) is 0 Å². The number of hydrogen-bond donors (Lipinski definition) is 2. The topological polar surface area (TPSA) is 123 Å². The molecule has 1 saturated heterocycles. The fourth-order valence-electron chi connectivity index (χ4n) is 6.00. The van der Waals surface area contributed by atoms with Gasteiger partial charge in [-0.2, -0.15) is 5.26 Å². The SMILES string of the molecule is C=CC(=O)N1CCN(C2=C(C#N)C(O)N(c3c(C)ccnc3C(C)C)c3nc(-c4c(N)c(F)c(F)c(F)c4Cl)c(Cl)cc32)C[C@H]1C. The summed E-state index contributed by atoms with van der Waals surface area (Å²) in [6, 6.07) is 5.02. The van der Waals surface area contributed by atoms with Gasteiger partial charge in [0.25, 0.3) is 0 Å². The Kier molecular flexibility index (Phi) is 8.96. The molecule has 9 nitrogen and oxygen atoms in total. The Morgan fingerprint density at radius 3 is 2.54 bits per heavy atom. The van der Waals surface area contributed by atoms with Crippen LogP contribution >= 0.6 is 23.2 Å². The number of piperazine rings is 1. The monoisotopic (exact) mass is 671 g/mol. The number of pyridine rings is 2. The standard InChI is InChI=1S/C32H30Cl2F3N7O2/c1-6-20(45)43-10-9-42(13-16(43)5)30-17-11-19(33)28(21-22(34)23(35)24(36)25(37)26(21)39)41-31(17)44(32(46)18(30)12-38)29-15(4)7-8-40-27(29)14(2)3/h6-8,11,14,16,32,46H,1,9-10,13,39H2,2-5H3/t16-,32?/m1/s1. The smallest absolute Gasteiger partial charge is 0.246 e. The van der Waals surface area contributed by atoms with Crippen LogP contribution < -0.4 is 10.6 Å². The first-order valence-corrected chi connectivity index (χ1v) is 15.1. The highest BCUT2D eigenvalue weighted by Crippen LogP contribution is 2.49. The number of carbonyl (C=O) groups excluding carboxylic acids is 1. The van der Waals surface area contributed by atoms with Crippen molar-refractivity contribution in [2.75, 3.05) is 30.3 Å². The van der Waals surface area contributed by atoms with E-state index in [1.807, 2.05) is 25.7 Å². The predicted octanol–water partition coefficient (Wildman–Crippen LogP) is 6.31. The van der Waals surface area contributed by atoms with Crippen LogP contribution in [0.1, 0.15) is 43.5 Å².